The molecule has 0 saturated heterocycles. The van der Waals surface area contributed by atoms with Crippen LogP contribution in [0.2, 0.25) is 0 Å². The van der Waals surface area contributed by atoms with E-state index in [9.17, 15) is 71.9 Å². The summed E-state index contributed by atoms with van der Waals surface area (Å²) in [5.74, 6) is -9.29. The van der Waals surface area contributed by atoms with Crippen molar-refractivity contribution in [1.29, 1.82) is 0 Å². The van der Waals surface area contributed by atoms with Crippen LogP contribution in [0.1, 0.15) is 306 Å². The maximum atomic E-state index is 15.7. The first-order valence-corrected chi connectivity index (χ1v) is 46.4. The minimum Gasteiger partial charge on any atom is -0.469 e. The number of unbranched alkanes of at least 4 members (excludes halogenated alkanes) is 10. The fourth-order valence-corrected chi connectivity index (χ4v) is 14.7. The number of methoxy groups -OCH3 is 8. The minimum absolute atomic E-state index is 0.0199. The van der Waals surface area contributed by atoms with E-state index in [1.165, 1.54) is 81.4 Å². The zero-order chi connectivity index (χ0) is 96.3. The van der Waals surface area contributed by atoms with Crippen molar-refractivity contribution in [3.63, 3.8) is 0 Å². The van der Waals surface area contributed by atoms with Crippen molar-refractivity contribution in [2.45, 2.75) is 336 Å². The molecular formula is C92H160N10O26. The normalized spacial score (nSPS) is 12.2. The molecule has 0 aliphatic carbocycles. The highest BCUT2D eigenvalue weighted by Gasteiger charge is 2.37. The molecule has 36 nitrogen and oxygen atoms in total. The lowest BCUT2D eigenvalue weighted by atomic mass is 9.99. The first-order valence-electron chi connectivity index (χ1n) is 46.4. The number of rotatable bonds is 75. The van der Waals surface area contributed by atoms with Gasteiger partial charge >= 0.3 is 47.8 Å². The highest BCUT2D eigenvalue weighted by atomic mass is 16.5. The quantitative estimate of drug-likeness (QED) is 0.0216. The van der Waals surface area contributed by atoms with E-state index in [0.29, 0.717) is 77.0 Å². The summed E-state index contributed by atoms with van der Waals surface area (Å²) in [6.45, 7) is 15.3. The number of esters is 8. The molecule has 0 aliphatic heterocycles. The van der Waals surface area contributed by atoms with Gasteiger partial charge in [0.2, 0.25) is 59.1 Å². The van der Waals surface area contributed by atoms with Crippen molar-refractivity contribution >= 4 is 107 Å². The number of hydrogen-bond acceptors (Lipinski definition) is 26. The lowest BCUT2D eigenvalue weighted by Crippen LogP contribution is -2.52. The van der Waals surface area contributed by atoms with Gasteiger partial charge in [-0.05, 0) is 159 Å². The fourth-order valence-electron chi connectivity index (χ4n) is 14.7. The van der Waals surface area contributed by atoms with Crippen LogP contribution in [0.25, 0.3) is 0 Å². The molecule has 0 radical (unpaired) electrons. The van der Waals surface area contributed by atoms with E-state index in [2.05, 4.69) is 26.6 Å². The Morgan fingerprint density at radius 2 is 0.383 bits per heavy atom. The second kappa shape index (κ2) is 72.3. The number of amides is 10. The predicted molar refractivity (Wildman–Crippen MR) is 478 cm³/mol. The van der Waals surface area contributed by atoms with E-state index >= 15 is 14.4 Å². The van der Waals surface area contributed by atoms with Crippen LogP contribution in [0.5, 0.6) is 0 Å². The van der Waals surface area contributed by atoms with Gasteiger partial charge in [0.15, 0.2) is 0 Å². The molecule has 0 spiro atoms. The molecule has 128 heavy (non-hydrogen) atoms. The van der Waals surface area contributed by atoms with Gasteiger partial charge < -0.3 is 89.0 Å². The highest BCUT2D eigenvalue weighted by Crippen LogP contribution is 2.25. The maximum Gasteiger partial charge on any atom is 0.305 e. The van der Waals surface area contributed by atoms with Gasteiger partial charge in [-0.2, -0.15) is 0 Å². The van der Waals surface area contributed by atoms with E-state index in [1.807, 2.05) is 55.4 Å². The van der Waals surface area contributed by atoms with Crippen LogP contribution in [0.4, 0.5) is 0 Å². The molecule has 0 fully saturated rings. The Bertz CT molecular complexity index is 3340. The van der Waals surface area contributed by atoms with Crippen LogP contribution < -0.4 is 26.6 Å². The summed E-state index contributed by atoms with van der Waals surface area (Å²) in [5.41, 5.74) is 0. The lowest BCUT2D eigenvalue weighted by Gasteiger charge is -2.34. The zero-order valence-corrected chi connectivity index (χ0v) is 80.2. The van der Waals surface area contributed by atoms with Crippen molar-refractivity contribution in [1.82, 2.24) is 51.1 Å². The Kier molecular flexibility index (Phi) is 66.9. The smallest absolute Gasteiger partial charge is 0.305 e. The van der Waals surface area contributed by atoms with Gasteiger partial charge in [0.05, 0.1) is 56.9 Å². The predicted octanol–water partition coefficient (Wildman–Crippen LogP) is 8.78. The second-order valence-corrected chi connectivity index (χ2v) is 34.1. The molecule has 5 atom stereocenters. The van der Waals surface area contributed by atoms with Crippen molar-refractivity contribution in [3.05, 3.63) is 0 Å². The Morgan fingerprint density at radius 1 is 0.195 bits per heavy atom. The topological polar surface area (TPSA) is 457 Å². The van der Waals surface area contributed by atoms with E-state index < -0.39 is 120 Å². The molecule has 5 N–H and O–H groups in total. The van der Waals surface area contributed by atoms with Crippen LogP contribution >= 0.6 is 0 Å². The van der Waals surface area contributed by atoms with Gasteiger partial charge in [0, 0.05) is 149 Å². The first kappa shape index (κ1) is 118. The first-order chi connectivity index (χ1) is 61.0. The zero-order valence-electron chi connectivity index (χ0n) is 80.2. The SMILES string of the molecule is COC(=O)CCCCCNC(=O)C(CC(C)C)N(CCCC(=O)OC)C(=O)CCCCCN(C(=O)CCCC(=O)N(CCCC(=O)OC)C(CC(C)C)C(=O)NCCCCCC(=O)OC)C(CCCC(=O)N(CCCC(=O)OC)C(CC(C)C)C(=O)NCCCCCC(=O)OC)C(=O)NCCC(=O)N(CCCC(=O)OC)C(CC(C)C)C(=O)NCCCCCC(=O)OC. The number of carbonyl (C=O) groups is 18. The molecule has 36 heteroatoms. The lowest BCUT2D eigenvalue weighted by molar-refractivity contribution is -0.144. The monoisotopic (exact) mass is 1820 g/mol. The van der Waals surface area contributed by atoms with E-state index in [4.69, 9.17) is 37.9 Å². The molecule has 734 valence electrons. The van der Waals surface area contributed by atoms with Crippen LogP contribution in [-0.4, -0.2) is 284 Å². The van der Waals surface area contributed by atoms with E-state index in [0.717, 1.165) is 0 Å². The molecular weight excluding hydrogens is 1660 g/mol. The van der Waals surface area contributed by atoms with Gasteiger partial charge in [-0.15, -0.1) is 0 Å². The van der Waals surface area contributed by atoms with Crippen molar-refractivity contribution in [2.24, 2.45) is 23.7 Å². The molecule has 0 heterocycles. The van der Waals surface area contributed by atoms with Crippen molar-refractivity contribution in [2.75, 3.05) is 122 Å². The molecule has 5 unspecified atom stereocenters. The molecule has 0 aromatic heterocycles. The average Bonchev–Trinajstić information content (AvgIpc) is 0.856. The summed E-state index contributed by atoms with van der Waals surface area (Å²) < 4.78 is 38.8. The molecule has 0 aromatic carbocycles. The maximum absolute atomic E-state index is 15.7. The highest BCUT2D eigenvalue weighted by molar-refractivity contribution is 5.92. The van der Waals surface area contributed by atoms with E-state index in [1.54, 1.807) is 0 Å². The largest absolute Gasteiger partial charge is 0.469 e. The Labute approximate surface area is 760 Å². The molecule has 10 amide bonds. The third kappa shape index (κ3) is 54.7. The third-order valence-corrected chi connectivity index (χ3v) is 21.7. The molecule has 0 aromatic rings. The van der Waals surface area contributed by atoms with Crippen molar-refractivity contribution in [3.8, 4) is 0 Å². The Morgan fingerprint density at radius 3 is 0.633 bits per heavy atom. The summed E-state index contributed by atoms with van der Waals surface area (Å²) in [6, 6.07) is -5.51. The van der Waals surface area contributed by atoms with Gasteiger partial charge in [-0.3, -0.25) is 86.3 Å². The van der Waals surface area contributed by atoms with Gasteiger partial charge in [0.25, 0.3) is 0 Å². The van der Waals surface area contributed by atoms with Gasteiger partial charge in [-0.25, -0.2) is 0 Å². The number of nitrogens with one attached hydrogen (secondary N) is 5. The van der Waals surface area contributed by atoms with Gasteiger partial charge in [0.1, 0.15) is 30.2 Å². The second-order valence-electron chi connectivity index (χ2n) is 34.1. The number of hydrogen-bond donors (Lipinski definition) is 5. The van der Waals surface area contributed by atoms with Crippen LogP contribution in [0.15, 0.2) is 0 Å². The molecule has 0 aliphatic rings. The standard InChI is InChI=1S/C92H160N10O26/c1-66(2)62-71(89(117)93-52-27-17-23-43-80(108)121-9)99(58-34-47-84(112)125-13)75(103)39-22-21-31-57-98(76(104)41-33-42-78(106)101(60-36-49-86(114)127-15)73(64-68(5)6)91(119)95-54-29-19-25-45-82(110)123-11)70(38-32-40-77(105)100(59-35-48-85(113)126-14)72(63-67(3)4)90(118)94-53-28-18-24-44-81(109)122-10)88(116)97-56-51-79(107)102(61-37-50-87(115)128-16)74(65-69(7)8)92(120)96-55-30-20-26-46-83(111)124-12/h66-74H,17-65H2,1-16H3,(H,93,117)(H,94,118)(H,95,119)(H,96,120)(H,97,116). The fraction of sp³-hybridized carbons (Fsp3) is 0.804. The Hall–Kier alpha value is -9.54. The minimum atomic E-state index is -1.45. The molecule has 0 bridgehead atoms. The van der Waals surface area contributed by atoms with Gasteiger partial charge in [-0.1, -0.05) is 87.5 Å². The summed E-state index contributed by atoms with van der Waals surface area (Å²) in [7, 11) is 10.1. The number of carbonyl (C=O) groups excluding carboxylic acids is 18. The number of ether oxygens (including phenoxy) is 8. The van der Waals surface area contributed by atoms with Crippen LogP contribution in [0.3, 0.4) is 0 Å². The summed E-state index contributed by atoms with van der Waals surface area (Å²) >= 11 is 0. The van der Waals surface area contributed by atoms with E-state index in [-0.39, 0.29) is 280 Å². The summed E-state index contributed by atoms with van der Waals surface area (Å²) in [6.07, 6.45) is 6.91. The van der Waals surface area contributed by atoms with Crippen LogP contribution in [-0.2, 0) is 124 Å². The number of nitrogens with zero attached hydrogens (tertiary/aromatic N) is 5. The molecule has 0 saturated carbocycles. The summed E-state index contributed by atoms with van der Waals surface area (Å²) in [5, 5.41) is 14.7. The van der Waals surface area contributed by atoms with Crippen molar-refractivity contribution < 1.29 is 124 Å². The summed E-state index contributed by atoms with van der Waals surface area (Å²) in [4.78, 5) is 253. The molecule has 0 rings (SSSR count). The Balaban J connectivity index is 8.63. The third-order valence-electron chi connectivity index (χ3n) is 21.7. The average molecular weight is 1820 g/mol. The van der Waals surface area contributed by atoms with Crippen LogP contribution in [0, 0.1) is 23.7 Å².